The fourth-order valence-corrected chi connectivity index (χ4v) is 2.02. The van der Waals surface area contributed by atoms with E-state index in [4.69, 9.17) is 0 Å². The van der Waals surface area contributed by atoms with Gasteiger partial charge in [0, 0.05) is 12.8 Å². The molecule has 0 aromatic carbocycles. The molecule has 0 amide bonds. The van der Waals surface area contributed by atoms with Crippen LogP contribution in [0.2, 0.25) is 0 Å². The van der Waals surface area contributed by atoms with Crippen LogP contribution in [-0.2, 0) is 0 Å². The van der Waals surface area contributed by atoms with E-state index in [0.717, 1.165) is 12.8 Å². The smallest absolute Gasteiger partial charge is 0.162 e. The molecular weight excluding hydrogens is 262 g/mol. The quantitative estimate of drug-likeness (QED) is 0.358. The molecular formula is C15H35ClNO2. The molecule has 119 valence electrons. The standard InChI is InChI=1S/C15H31O2.ClH.H3N/c1-3-5-6-7-8-9-10-11-12-13-14-15(16,17)4-2;;/h16-17H,2-14H2,1H3;1H;1H3. The summed E-state index contributed by atoms with van der Waals surface area (Å²) in [5.74, 6) is -1.53. The molecule has 19 heavy (non-hydrogen) atoms. The van der Waals surface area contributed by atoms with E-state index in [9.17, 15) is 10.2 Å². The average Bonchev–Trinajstić information content (AvgIpc) is 2.31. The van der Waals surface area contributed by atoms with Gasteiger partial charge in [0.25, 0.3) is 0 Å². The molecule has 0 heterocycles. The zero-order valence-corrected chi connectivity index (χ0v) is 13.5. The Balaban J connectivity index is -0.00000128. The molecule has 3 nitrogen and oxygen atoms in total. The zero-order valence-electron chi connectivity index (χ0n) is 12.7. The van der Waals surface area contributed by atoms with Crippen LogP contribution < -0.4 is 6.15 Å². The lowest BCUT2D eigenvalue weighted by Crippen LogP contribution is -2.26. The second-order valence-corrected chi connectivity index (χ2v) is 5.16. The molecule has 0 saturated heterocycles. The molecule has 0 aromatic heterocycles. The minimum absolute atomic E-state index is 0. The normalized spacial score (nSPS) is 10.7. The highest BCUT2D eigenvalue weighted by Crippen LogP contribution is 2.16. The first-order valence-electron chi connectivity index (χ1n) is 7.36. The number of aliphatic hydroxyl groups is 2. The van der Waals surface area contributed by atoms with Gasteiger partial charge in [-0.2, -0.15) is 0 Å². The lowest BCUT2D eigenvalue weighted by atomic mass is 10.0. The summed E-state index contributed by atoms with van der Waals surface area (Å²) in [5, 5.41) is 18.7. The van der Waals surface area contributed by atoms with Gasteiger partial charge in [0.2, 0.25) is 0 Å². The van der Waals surface area contributed by atoms with E-state index in [-0.39, 0.29) is 25.0 Å². The molecule has 4 heteroatoms. The van der Waals surface area contributed by atoms with E-state index in [1.54, 1.807) is 0 Å². The van der Waals surface area contributed by atoms with E-state index in [0.29, 0.717) is 6.42 Å². The van der Waals surface area contributed by atoms with Gasteiger partial charge in [-0.1, -0.05) is 64.7 Å². The van der Waals surface area contributed by atoms with E-state index in [1.807, 2.05) is 0 Å². The minimum atomic E-state index is -1.53. The van der Waals surface area contributed by atoms with Crippen molar-refractivity contribution in [3.8, 4) is 0 Å². The molecule has 0 aliphatic heterocycles. The number of hydrogen-bond acceptors (Lipinski definition) is 3. The highest BCUT2D eigenvalue weighted by Gasteiger charge is 2.18. The predicted octanol–water partition coefficient (Wildman–Crippen LogP) is 4.79. The largest absolute Gasteiger partial charge is 0.366 e. The van der Waals surface area contributed by atoms with Crippen LogP contribution in [0.25, 0.3) is 0 Å². The Labute approximate surface area is 126 Å². The molecule has 5 N–H and O–H groups in total. The first kappa shape index (κ1) is 24.2. The monoisotopic (exact) mass is 296 g/mol. The highest BCUT2D eigenvalue weighted by atomic mass is 35.5. The number of rotatable bonds is 12. The zero-order chi connectivity index (χ0) is 13.0. The summed E-state index contributed by atoms with van der Waals surface area (Å²) in [5.41, 5.74) is 0. The highest BCUT2D eigenvalue weighted by molar-refractivity contribution is 5.85. The molecule has 0 rings (SSSR count). The van der Waals surface area contributed by atoms with Crippen LogP contribution in [0.3, 0.4) is 0 Å². The summed E-state index contributed by atoms with van der Waals surface area (Å²) < 4.78 is 0. The van der Waals surface area contributed by atoms with Crippen molar-refractivity contribution in [3.63, 3.8) is 0 Å². The Morgan fingerprint density at radius 2 is 1.16 bits per heavy atom. The molecule has 1 radical (unpaired) electrons. The van der Waals surface area contributed by atoms with Gasteiger partial charge in [-0.15, -0.1) is 12.4 Å². The first-order valence-corrected chi connectivity index (χ1v) is 7.36. The molecule has 0 aromatic rings. The van der Waals surface area contributed by atoms with Crippen LogP contribution >= 0.6 is 12.4 Å². The molecule has 0 bridgehead atoms. The van der Waals surface area contributed by atoms with E-state index in [2.05, 4.69) is 13.8 Å². The van der Waals surface area contributed by atoms with E-state index in [1.165, 1.54) is 51.4 Å². The number of hydrogen-bond donors (Lipinski definition) is 3. The van der Waals surface area contributed by atoms with Crippen molar-refractivity contribution in [1.29, 1.82) is 0 Å². The molecule has 0 fully saturated rings. The molecule has 0 aliphatic rings. The predicted molar refractivity (Wildman–Crippen MR) is 85.9 cm³/mol. The molecule has 0 spiro atoms. The third kappa shape index (κ3) is 18.2. The number of unbranched alkanes of at least 4 members (excludes halogenated alkanes) is 9. The van der Waals surface area contributed by atoms with Crippen molar-refractivity contribution in [1.82, 2.24) is 6.15 Å². The molecule has 0 aliphatic carbocycles. The molecule has 0 unspecified atom stereocenters. The Bertz CT molecular complexity index is 166. The second kappa shape index (κ2) is 16.2. The Morgan fingerprint density at radius 1 is 0.789 bits per heavy atom. The summed E-state index contributed by atoms with van der Waals surface area (Å²) in [6.45, 7) is 5.77. The van der Waals surface area contributed by atoms with E-state index < -0.39 is 5.79 Å². The second-order valence-electron chi connectivity index (χ2n) is 5.16. The fraction of sp³-hybridized carbons (Fsp3) is 0.933. The SMILES string of the molecule is Cl.N.[CH2]CC(O)(O)CCCCCCCCCCCC. The van der Waals surface area contributed by atoms with Crippen LogP contribution in [0.1, 0.15) is 84.0 Å². The summed E-state index contributed by atoms with van der Waals surface area (Å²) in [6, 6.07) is 0. The third-order valence-electron chi connectivity index (χ3n) is 3.33. The van der Waals surface area contributed by atoms with Crippen LogP contribution in [0.5, 0.6) is 0 Å². The maximum Gasteiger partial charge on any atom is 0.162 e. The third-order valence-corrected chi connectivity index (χ3v) is 3.33. The minimum Gasteiger partial charge on any atom is -0.366 e. The lowest BCUT2D eigenvalue weighted by molar-refractivity contribution is -0.163. The van der Waals surface area contributed by atoms with Crippen molar-refractivity contribution in [2.24, 2.45) is 0 Å². The molecule has 0 saturated carbocycles. The van der Waals surface area contributed by atoms with Gasteiger partial charge in [0.1, 0.15) is 0 Å². The van der Waals surface area contributed by atoms with Crippen molar-refractivity contribution in [3.05, 3.63) is 6.92 Å². The Kier molecular flexibility index (Phi) is 20.7. The van der Waals surface area contributed by atoms with Crippen LogP contribution in [0.15, 0.2) is 0 Å². The van der Waals surface area contributed by atoms with Gasteiger partial charge >= 0.3 is 0 Å². The van der Waals surface area contributed by atoms with Crippen molar-refractivity contribution in [2.45, 2.75) is 89.8 Å². The molecule has 0 atom stereocenters. The Hall–Kier alpha value is 0.170. The topological polar surface area (TPSA) is 75.5 Å². The summed E-state index contributed by atoms with van der Waals surface area (Å²) in [4.78, 5) is 0. The Morgan fingerprint density at radius 3 is 1.53 bits per heavy atom. The van der Waals surface area contributed by atoms with E-state index >= 15 is 0 Å². The lowest BCUT2D eigenvalue weighted by Gasteiger charge is -2.19. The van der Waals surface area contributed by atoms with Gasteiger partial charge in [0.15, 0.2) is 5.79 Å². The van der Waals surface area contributed by atoms with Gasteiger partial charge < -0.3 is 16.4 Å². The van der Waals surface area contributed by atoms with Gasteiger partial charge in [-0.3, -0.25) is 0 Å². The number of halogens is 1. The maximum atomic E-state index is 9.34. The van der Waals surface area contributed by atoms with Crippen LogP contribution in [0.4, 0.5) is 0 Å². The average molecular weight is 297 g/mol. The first-order chi connectivity index (χ1) is 8.12. The van der Waals surface area contributed by atoms with Gasteiger partial charge in [-0.25, -0.2) is 0 Å². The summed E-state index contributed by atoms with van der Waals surface area (Å²) in [7, 11) is 0. The summed E-state index contributed by atoms with van der Waals surface area (Å²) in [6.07, 6.45) is 13.3. The van der Waals surface area contributed by atoms with Crippen LogP contribution in [0, 0.1) is 6.92 Å². The van der Waals surface area contributed by atoms with Crippen LogP contribution in [-0.4, -0.2) is 16.0 Å². The fourth-order valence-electron chi connectivity index (χ4n) is 2.02. The maximum absolute atomic E-state index is 9.34. The summed E-state index contributed by atoms with van der Waals surface area (Å²) >= 11 is 0. The van der Waals surface area contributed by atoms with Gasteiger partial charge in [-0.05, 0) is 13.3 Å². The van der Waals surface area contributed by atoms with Gasteiger partial charge in [0.05, 0.1) is 0 Å². The van der Waals surface area contributed by atoms with Crippen molar-refractivity contribution < 1.29 is 10.2 Å². The van der Waals surface area contributed by atoms with Crippen molar-refractivity contribution in [2.75, 3.05) is 0 Å². The van der Waals surface area contributed by atoms with Crippen molar-refractivity contribution >= 4 is 12.4 Å².